The second kappa shape index (κ2) is 4.83. The van der Waals surface area contributed by atoms with Crippen LogP contribution in [-0.2, 0) is 0 Å². The molecule has 0 amide bonds. The van der Waals surface area contributed by atoms with E-state index in [0.29, 0.717) is 11.2 Å². The number of fused-ring (bicyclic) bond motifs is 4. The highest BCUT2D eigenvalue weighted by Crippen LogP contribution is 2.44. The maximum Gasteiger partial charge on any atom is 0.282 e. The highest BCUT2D eigenvalue weighted by molar-refractivity contribution is 5.79. The van der Waals surface area contributed by atoms with Crippen molar-refractivity contribution in [2.24, 2.45) is 0 Å². The van der Waals surface area contributed by atoms with Crippen molar-refractivity contribution in [2.75, 3.05) is 0 Å². The molecule has 2 aromatic carbocycles. The predicted molar refractivity (Wildman–Crippen MR) is 90.7 cm³/mol. The number of rotatable bonds is 1. The summed E-state index contributed by atoms with van der Waals surface area (Å²) in [5.41, 5.74) is 5.01. The summed E-state index contributed by atoms with van der Waals surface area (Å²) in [6.45, 7) is 0. The van der Waals surface area contributed by atoms with Gasteiger partial charge in [0, 0.05) is 12.4 Å². The van der Waals surface area contributed by atoms with Crippen molar-refractivity contribution in [1.29, 1.82) is 0 Å². The fourth-order valence-corrected chi connectivity index (χ4v) is 3.48. The second-order valence-corrected chi connectivity index (χ2v) is 5.76. The molecule has 4 aromatic rings. The van der Waals surface area contributed by atoms with Crippen molar-refractivity contribution in [1.82, 2.24) is 19.5 Å². The summed E-state index contributed by atoms with van der Waals surface area (Å²) in [5.74, 6) is 0. The third-order valence-corrected chi connectivity index (χ3v) is 4.50. The third-order valence-electron chi connectivity index (χ3n) is 4.50. The van der Waals surface area contributed by atoms with E-state index in [-0.39, 0.29) is 11.6 Å². The molecule has 0 atom stereocenters. The highest BCUT2D eigenvalue weighted by Gasteiger charge is 2.30. The lowest BCUT2D eigenvalue weighted by atomic mass is 10.1. The largest absolute Gasteiger partial charge is 0.285 e. The van der Waals surface area contributed by atoms with Crippen LogP contribution in [0.5, 0.6) is 0 Å². The molecule has 1 aliphatic carbocycles. The van der Waals surface area contributed by atoms with Gasteiger partial charge in [0.05, 0.1) is 6.04 Å². The monoisotopic (exact) mass is 312 g/mol. The molecule has 0 radical (unpaired) electrons. The van der Waals surface area contributed by atoms with Crippen molar-refractivity contribution in [2.45, 2.75) is 6.04 Å². The highest BCUT2D eigenvalue weighted by atomic mass is 16.1. The number of aromatic nitrogens is 4. The Morgan fingerprint density at radius 2 is 1.42 bits per heavy atom. The SMILES string of the molecule is O=c1c2nccnc2ncn1C1c2ccccc2-c2ccccc21. The molecule has 0 bridgehead atoms. The first-order valence-corrected chi connectivity index (χ1v) is 7.70. The molecule has 0 saturated carbocycles. The summed E-state index contributed by atoms with van der Waals surface area (Å²) in [7, 11) is 0. The van der Waals surface area contributed by atoms with Gasteiger partial charge in [0.15, 0.2) is 11.2 Å². The molecule has 114 valence electrons. The first kappa shape index (κ1) is 13.1. The first-order valence-electron chi connectivity index (χ1n) is 7.70. The van der Waals surface area contributed by atoms with E-state index in [1.54, 1.807) is 17.1 Å². The Hall–Kier alpha value is -3.34. The van der Waals surface area contributed by atoms with Gasteiger partial charge in [-0.2, -0.15) is 0 Å². The van der Waals surface area contributed by atoms with Crippen LogP contribution < -0.4 is 5.56 Å². The Morgan fingerprint density at radius 1 is 0.792 bits per heavy atom. The number of nitrogens with zero attached hydrogens (tertiary/aromatic N) is 4. The van der Waals surface area contributed by atoms with Crippen molar-refractivity contribution in [3.63, 3.8) is 0 Å². The van der Waals surface area contributed by atoms with Crippen molar-refractivity contribution >= 4 is 11.2 Å². The molecule has 0 unspecified atom stereocenters. The summed E-state index contributed by atoms with van der Waals surface area (Å²) in [6, 6.07) is 16.1. The van der Waals surface area contributed by atoms with E-state index in [1.165, 1.54) is 6.20 Å². The molecule has 0 aliphatic heterocycles. The second-order valence-electron chi connectivity index (χ2n) is 5.76. The molecule has 24 heavy (non-hydrogen) atoms. The molecule has 1 aliphatic rings. The molecular weight excluding hydrogens is 300 g/mol. The van der Waals surface area contributed by atoms with Gasteiger partial charge in [-0.05, 0) is 22.3 Å². The van der Waals surface area contributed by atoms with E-state index in [9.17, 15) is 4.79 Å². The van der Waals surface area contributed by atoms with Crippen LogP contribution in [-0.4, -0.2) is 19.5 Å². The zero-order valence-corrected chi connectivity index (χ0v) is 12.6. The average Bonchev–Trinajstić information content (AvgIpc) is 2.97. The zero-order chi connectivity index (χ0) is 16.1. The number of hydrogen-bond acceptors (Lipinski definition) is 4. The molecule has 2 aromatic heterocycles. The zero-order valence-electron chi connectivity index (χ0n) is 12.6. The summed E-state index contributed by atoms with van der Waals surface area (Å²) in [4.78, 5) is 25.6. The van der Waals surface area contributed by atoms with Crippen molar-refractivity contribution in [3.05, 3.63) is 88.7 Å². The van der Waals surface area contributed by atoms with Gasteiger partial charge < -0.3 is 0 Å². The molecular formula is C19H12N4O. The lowest BCUT2D eigenvalue weighted by Gasteiger charge is -2.16. The first-order chi connectivity index (χ1) is 11.8. The number of hydrogen-bond donors (Lipinski definition) is 0. The maximum atomic E-state index is 13.0. The Labute approximate surface area is 137 Å². The Balaban J connectivity index is 1.84. The number of benzene rings is 2. The third kappa shape index (κ3) is 1.69. The van der Waals surface area contributed by atoms with E-state index in [2.05, 4.69) is 39.2 Å². The molecule has 5 rings (SSSR count). The Bertz CT molecular complexity index is 1100. The normalized spacial score (nSPS) is 13.0. The van der Waals surface area contributed by atoms with Crippen LogP contribution in [0.1, 0.15) is 17.2 Å². The van der Waals surface area contributed by atoms with Gasteiger partial charge in [-0.15, -0.1) is 0 Å². The van der Waals surface area contributed by atoms with Crippen LogP contribution in [0.2, 0.25) is 0 Å². The summed E-state index contributed by atoms with van der Waals surface area (Å²) >= 11 is 0. The summed E-state index contributed by atoms with van der Waals surface area (Å²) < 4.78 is 1.65. The van der Waals surface area contributed by atoms with Gasteiger partial charge in [0.1, 0.15) is 6.33 Å². The van der Waals surface area contributed by atoms with Crippen LogP contribution >= 0.6 is 0 Å². The standard InChI is InChI=1S/C19H12N4O/c24-19-16-18(21-10-9-20-16)22-11-23(19)17-14-7-3-1-5-12(14)13-6-2-4-8-15(13)17/h1-11,17H. The quantitative estimate of drug-likeness (QED) is 0.477. The molecule has 0 fully saturated rings. The van der Waals surface area contributed by atoms with Crippen LogP contribution in [0, 0.1) is 0 Å². The van der Waals surface area contributed by atoms with Crippen molar-refractivity contribution < 1.29 is 0 Å². The van der Waals surface area contributed by atoms with E-state index in [1.807, 2.05) is 24.3 Å². The maximum absolute atomic E-state index is 13.0. The lowest BCUT2D eigenvalue weighted by Crippen LogP contribution is -2.26. The molecule has 2 heterocycles. The van der Waals surface area contributed by atoms with Gasteiger partial charge in [-0.25, -0.2) is 15.0 Å². The molecule has 5 nitrogen and oxygen atoms in total. The van der Waals surface area contributed by atoms with Crippen molar-refractivity contribution in [3.8, 4) is 11.1 Å². The minimum atomic E-state index is -0.191. The van der Waals surface area contributed by atoms with Gasteiger partial charge in [0.2, 0.25) is 0 Å². The van der Waals surface area contributed by atoms with E-state index in [0.717, 1.165) is 22.3 Å². The minimum absolute atomic E-state index is 0.176. The van der Waals surface area contributed by atoms with E-state index < -0.39 is 0 Å². The molecule has 0 N–H and O–H groups in total. The van der Waals surface area contributed by atoms with Crippen LogP contribution in [0.25, 0.3) is 22.3 Å². The fourth-order valence-electron chi connectivity index (χ4n) is 3.48. The Kier molecular flexibility index (Phi) is 2.64. The topological polar surface area (TPSA) is 60.7 Å². The van der Waals surface area contributed by atoms with Gasteiger partial charge in [-0.3, -0.25) is 9.36 Å². The lowest BCUT2D eigenvalue weighted by molar-refractivity contribution is 0.654. The van der Waals surface area contributed by atoms with Crippen LogP contribution in [0.4, 0.5) is 0 Å². The van der Waals surface area contributed by atoms with E-state index in [4.69, 9.17) is 0 Å². The van der Waals surface area contributed by atoms with E-state index >= 15 is 0 Å². The predicted octanol–water partition coefficient (Wildman–Crippen LogP) is 2.80. The molecule has 5 heteroatoms. The van der Waals surface area contributed by atoms with Crippen LogP contribution in [0.15, 0.2) is 72.0 Å². The summed E-state index contributed by atoms with van der Waals surface area (Å²) in [5, 5.41) is 0. The Morgan fingerprint density at radius 3 is 2.12 bits per heavy atom. The van der Waals surface area contributed by atoms with Crippen LogP contribution in [0.3, 0.4) is 0 Å². The fraction of sp³-hybridized carbons (Fsp3) is 0.0526. The molecule has 0 saturated heterocycles. The smallest absolute Gasteiger partial charge is 0.282 e. The van der Waals surface area contributed by atoms with Gasteiger partial charge >= 0.3 is 0 Å². The van der Waals surface area contributed by atoms with Gasteiger partial charge in [-0.1, -0.05) is 48.5 Å². The molecule has 0 spiro atoms. The average molecular weight is 312 g/mol. The summed E-state index contributed by atoms with van der Waals surface area (Å²) in [6.07, 6.45) is 4.63. The minimum Gasteiger partial charge on any atom is -0.285 e. The van der Waals surface area contributed by atoms with Gasteiger partial charge in [0.25, 0.3) is 5.56 Å².